The second-order valence-electron chi connectivity index (χ2n) is 6.27. The van der Waals surface area contributed by atoms with Crippen LogP contribution in [0.2, 0.25) is 0 Å². The van der Waals surface area contributed by atoms with E-state index in [4.69, 9.17) is 4.42 Å². The lowest BCUT2D eigenvalue weighted by Gasteiger charge is -2.36. The molecule has 1 aliphatic rings. The largest absolute Gasteiger partial charge is 0.444 e. The molecule has 27 heavy (non-hydrogen) atoms. The molecule has 3 heterocycles. The molecule has 4 rings (SSSR count). The minimum Gasteiger partial charge on any atom is -0.444 e. The fourth-order valence-electron chi connectivity index (χ4n) is 3.11. The molecular weight excluding hydrogens is 408 g/mol. The van der Waals surface area contributed by atoms with E-state index in [1.807, 2.05) is 18.2 Å². The van der Waals surface area contributed by atoms with Crippen molar-refractivity contribution in [2.45, 2.75) is 0 Å². The van der Waals surface area contributed by atoms with Crippen molar-refractivity contribution in [1.82, 2.24) is 4.98 Å². The minimum absolute atomic E-state index is 0.253. The van der Waals surface area contributed by atoms with Crippen LogP contribution in [0.1, 0.15) is 10.6 Å². The van der Waals surface area contributed by atoms with Gasteiger partial charge in [-0.1, -0.05) is 18.2 Å². The number of furan rings is 1. The number of rotatable bonds is 4. The van der Waals surface area contributed by atoms with Crippen LogP contribution in [0, 0.1) is 0 Å². The van der Waals surface area contributed by atoms with Gasteiger partial charge in [0.15, 0.2) is 10.4 Å². The standard InChI is InChI=1S/C20H19BrN4O2/c21-18-8-7-17(27-18)20(26)23-15-6-9-19(22-14-15)25-12-10-24(11-13-25)16-4-2-1-3-5-16/h1-9,14H,10-13H2,(H,23,26). The summed E-state index contributed by atoms with van der Waals surface area (Å²) in [4.78, 5) is 21.3. The number of nitrogens with one attached hydrogen (secondary N) is 1. The van der Waals surface area contributed by atoms with Gasteiger partial charge in [0.05, 0.1) is 11.9 Å². The molecule has 138 valence electrons. The van der Waals surface area contributed by atoms with E-state index in [9.17, 15) is 4.79 Å². The Morgan fingerprint density at radius 2 is 1.70 bits per heavy atom. The molecule has 0 aliphatic carbocycles. The summed E-state index contributed by atoms with van der Waals surface area (Å²) in [6, 6.07) is 17.6. The van der Waals surface area contributed by atoms with Crippen LogP contribution in [0.25, 0.3) is 0 Å². The summed E-state index contributed by atoms with van der Waals surface area (Å²) in [6.07, 6.45) is 1.68. The Morgan fingerprint density at radius 3 is 2.33 bits per heavy atom. The van der Waals surface area contributed by atoms with Gasteiger partial charge in [-0.2, -0.15) is 0 Å². The highest BCUT2D eigenvalue weighted by molar-refractivity contribution is 9.10. The van der Waals surface area contributed by atoms with E-state index >= 15 is 0 Å². The molecule has 2 aromatic heterocycles. The van der Waals surface area contributed by atoms with Crippen molar-refractivity contribution in [3.63, 3.8) is 0 Å². The van der Waals surface area contributed by atoms with E-state index < -0.39 is 0 Å². The monoisotopic (exact) mass is 426 g/mol. The molecular formula is C20H19BrN4O2. The Hall–Kier alpha value is -2.80. The van der Waals surface area contributed by atoms with Crippen molar-refractivity contribution in [1.29, 1.82) is 0 Å². The molecule has 1 aromatic carbocycles. The van der Waals surface area contributed by atoms with Gasteiger partial charge in [-0.25, -0.2) is 4.98 Å². The first kappa shape index (κ1) is 17.6. The summed E-state index contributed by atoms with van der Waals surface area (Å²) < 4.78 is 5.78. The normalized spacial score (nSPS) is 14.3. The molecule has 0 spiro atoms. The number of halogens is 1. The van der Waals surface area contributed by atoms with Crippen molar-refractivity contribution in [3.8, 4) is 0 Å². The predicted molar refractivity (Wildman–Crippen MR) is 109 cm³/mol. The molecule has 0 saturated carbocycles. The average Bonchev–Trinajstić information content (AvgIpc) is 3.16. The number of aromatic nitrogens is 1. The fourth-order valence-corrected chi connectivity index (χ4v) is 3.42. The van der Waals surface area contributed by atoms with E-state index in [2.05, 4.69) is 60.3 Å². The van der Waals surface area contributed by atoms with Crippen LogP contribution in [-0.4, -0.2) is 37.1 Å². The van der Waals surface area contributed by atoms with Gasteiger partial charge >= 0.3 is 0 Å². The second-order valence-corrected chi connectivity index (χ2v) is 7.05. The molecule has 1 fully saturated rings. The first-order valence-electron chi connectivity index (χ1n) is 8.77. The van der Waals surface area contributed by atoms with Gasteiger partial charge in [-0.05, 0) is 52.3 Å². The summed E-state index contributed by atoms with van der Waals surface area (Å²) in [7, 11) is 0. The number of piperazine rings is 1. The number of anilines is 3. The molecule has 1 saturated heterocycles. The van der Waals surface area contributed by atoms with Gasteiger partial charge in [0.25, 0.3) is 5.91 Å². The molecule has 0 unspecified atom stereocenters. The van der Waals surface area contributed by atoms with Gasteiger partial charge in [0.2, 0.25) is 0 Å². The Morgan fingerprint density at radius 1 is 0.963 bits per heavy atom. The van der Waals surface area contributed by atoms with Gasteiger partial charge in [-0.3, -0.25) is 4.79 Å². The molecule has 1 aliphatic heterocycles. The summed E-state index contributed by atoms with van der Waals surface area (Å²) in [5.74, 6) is 0.871. The number of hydrogen-bond donors (Lipinski definition) is 1. The van der Waals surface area contributed by atoms with Crippen molar-refractivity contribution < 1.29 is 9.21 Å². The predicted octanol–water partition coefficient (Wildman–Crippen LogP) is 4.02. The Bertz CT molecular complexity index is 903. The van der Waals surface area contributed by atoms with Crippen LogP contribution in [0.4, 0.5) is 17.2 Å². The second kappa shape index (κ2) is 7.84. The first-order chi connectivity index (χ1) is 13.2. The molecule has 1 amide bonds. The number of carbonyl (C=O) groups is 1. The third kappa shape index (κ3) is 4.14. The molecule has 0 bridgehead atoms. The molecule has 0 radical (unpaired) electrons. The maximum atomic E-state index is 12.1. The number of hydrogen-bond acceptors (Lipinski definition) is 5. The average molecular weight is 427 g/mol. The Kier molecular flexibility index (Phi) is 5.11. The van der Waals surface area contributed by atoms with Gasteiger partial charge in [0, 0.05) is 31.9 Å². The quantitative estimate of drug-likeness (QED) is 0.682. The number of carbonyl (C=O) groups excluding carboxylic acids is 1. The fraction of sp³-hybridized carbons (Fsp3) is 0.200. The summed E-state index contributed by atoms with van der Waals surface area (Å²) in [5, 5.41) is 2.79. The summed E-state index contributed by atoms with van der Waals surface area (Å²) in [6.45, 7) is 3.73. The van der Waals surface area contributed by atoms with E-state index in [1.165, 1.54) is 5.69 Å². The van der Waals surface area contributed by atoms with Crippen molar-refractivity contribution in [2.75, 3.05) is 41.3 Å². The first-order valence-corrected chi connectivity index (χ1v) is 9.56. The van der Waals surface area contributed by atoms with Crippen LogP contribution in [-0.2, 0) is 0 Å². The van der Waals surface area contributed by atoms with Gasteiger partial charge < -0.3 is 19.5 Å². The Labute approximate surface area is 165 Å². The van der Waals surface area contributed by atoms with Crippen LogP contribution in [0.3, 0.4) is 0 Å². The van der Waals surface area contributed by atoms with Crippen LogP contribution in [0.5, 0.6) is 0 Å². The molecule has 0 atom stereocenters. The van der Waals surface area contributed by atoms with Crippen LogP contribution >= 0.6 is 15.9 Å². The lowest BCUT2D eigenvalue weighted by Crippen LogP contribution is -2.46. The SMILES string of the molecule is O=C(Nc1ccc(N2CCN(c3ccccc3)CC2)nc1)c1ccc(Br)o1. The van der Waals surface area contributed by atoms with Crippen LogP contribution in [0.15, 0.2) is 69.9 Å². The lowest BCUT2D eigenvalue weighted by molar-refractivity contribution is 0.0995. The highest BCUT2D eigenvalue weighted by Crippen LogP contribution is 2.21. The summed E-state index contributed by atoms with van der Waals surface area (Å²) >= 11 is 3.19. The van der Waals surface area contributed by atoms with Crippen molar-refractivity contribution in [2.24, 2.45) is 0 Å². The van der Waals surface area contributed by atoms with E-state index in [1.54, 1.807) is 18.3 Å². The van der Waals surface area contributed by atoms with E-state index in [0.717, 1.165) is 32.0 Å². The number of benzene rings is 1. The maximum absolute atomic E-state index is 12.1. The zero-order chi connectivity index (χ0) is 18.6. The third-order valence-corrected chi connectivity index (χ3v) is 4.95. The molecule has 7 heteroatoms. The smallest absolute Gasteiger partial charge is 0.291 e. The number of pyridine rings is 1. The number of nitrogens with zero attached hydrogens (tertiary/aromatic N) is 3. The van der Waals surface area contributed by atoms with Crippen molar-refractivity contribution in [3.05, 3.63) is 71.2 Å². The molecule has 6 nitrogen and oxygen atoms in total. The Balaban J connectivity index is 1.35. The minimum atomic E-state index is -0.299. The van der Waals surface area contributed by atoms with Gasteiger partial charge in [0.1, 0.15) is 5.82 Å². The topological polar surface area (TPSA) is 61.6 Å². The highest BCUT2D eigenvalue weighted by Gasteiger charge is 2.18. The zero-order valence-corrected chi connectivity index (χ0v) is 16.2. The lowest BCUT2D eigenvalue weighted by atomic mass is 10.2. The maximum Gasteiger partial charge on any atom is 0.291 e. The van der Waals surface area contributed by atoms with Crippen molar-refractivity contribution >= 4 is 39.0 Å². The summed E-state index contributed by atoms with van der Waals surface area (Å²) in [5.41, 5.74) is 1.90. The van der Waals surface area contributed by atoms with E-state index in [-0.39, 0.29) is 11.7 Å². The number of para-hydroxylation sites is 1. The third-order valence-electron chi connectivity index (χ3n) is 4.53. The van der Waals surface area contributed by atoms with E-state index in [0.29, 0.717) is 10.4 Å². The number of amides is 1. The molecule has 3 aromatic rings. The van der Waals surface area contributed by atoms with Gasteiger partial charge in [-0.15, -0.1) is 0 Å². The highest BCUT2D eigenvalue weighted by atomic mass is 79.9. The molecule has 1 N–H and O–H groups in total. The van der Waals surface area contributed by atoms with Crippen LogP contribution < -0.4 is 15.1 Å². The zero-order valence-electron chi connectivity index (χ0n) is 14.6.